The topological polar surface area (TPSA) is 71.4 Å². The van der Waals surface area contributed by atoms with Gasteiger partial charge in [-0.3, -0.25) is 0 Å². The van der Waals surface area contributed by atoms with Gasteiger partial charge in [0.15, 0.2) is 0 Å². The third-order valence-corrected chi connectivity index (χ3v) is 1.50. The summed E-state index contributed by atoms with van der Waals surface area (Å²) >= 11 is 0. The van der Waals surface area contributed by atoms with Gasteiger partial charge < -0.3 is 0 Å². The van der Waals surface area contributed by atoms with Crippen LogP contribution in [0, 0.1) is 39.8 Å². The summed E-state index contributed by atoms with van der Waals surface area (Å²) in [7, 11) is 0. The van der Waals surface area contributed by atoms with Crippen LogP contribution >= 0.6 is 0 Å². The van der Waals surface area contributed by atoms with Crippen molar-refractivity contribution in [3.8, 4) is 18.2 Å². The minimum atomic E-state index is -0.780. The first-order valence-corrected chi connectivity index (χ1v) is 3.27. The molecule has 0 spiro atoms. The van der Waals surface area contributed by atoms with Gasteiger partial charge in [0.25, 0.3) is 0 Å². The first-order valence-electron chi connectivity index (χ1n) is 3.27. The van der Waals surface area contributed by atoms with E-state index in [4.69, 9.17) is 15.8 Å². The van der Waals surface area contributed by atoms with Gasteiger partial charge in [-0.1, -0.05) is 0 Å². The van der Waals surface area contributed by atoms with Crippen molar-refractivity contribution >= 4 is 0 Å². The van der Waals surface area contributed by atoms with E-state index >= 15 is 0 Å². The molecular formula is C9H2FN3. The molecule has 60 valence electrons. The highest BCUT2D eigenvalue weighted by Crippen LogP contribution is 2.15. The largest absolute Gasteiger partial charge is 0.205 e. The number of hydrogen-bond acceptors (Lipinski definition) is 3. The van der Waals surface area contributed by atoms with Crippen LogP contribution in [-0.4, -0.2) is 0 Å². The molecule has 13 heavy (non-hydrogen) atoms. The lowest BCUT2D eigenvalue weighted by Gasteiger charge is -1.97. The molecule has 0 unspecified atom stereocenters. The third kappa shape index (κ3) is 1.31. The van der Waals surface area contributed by atoms with Crippen molar-refractivity contribution in [2.45, 2.75) is 0 Å². The van der Waals surface area contributed by atoms with Crippen molar-refractivity contribution in [2.75, 3.05) is 0 Å². The first kappa shape index (κ1) is 8.71. The van der Waals surface area contributed by atoms with Gasteiger partial charge in [0.05, 0.1) is 11.1 Å². The molecule has 0 aliphatic carbocycles. The molecule has 0 amide bonds. The van der Waals surface area contributed by atoms with Crippen LogP contribution in [0.1, 0.15) is 16.7 Å². The van der Waals surface area contributed by atoms with Crippen LogP contribution in [0.3, 0.4) is 0 Å². The summed E-state index contributed by atoms with van der Waals surface area (Å²) in [4.78, 5) is 0. The Morgan fingerprint density at radius 1 is 0.923 bits per heavy atom. The molecule has 0 radical (unpaired) electrons. The average Bonchev–Trinajstić information content (AvgIpc) is 2.17. The third-order valence-electron chi connectivity index (χ3n) is 1.50. The zero-order valence-corrected chi connectivity index (χ0v) is 6.37. The molecule has 0 N–H and O–H groups in total. The standard InChI is InChI=1S/C9H2FN3/c10-9-2-1-6(3-11)7(4-12)8(9)5-13/h1-2H. The van der Waals surface area contributed by atoms with E-state index in [1.165, 1.54) is 6.07 Å². The molecule has 0 atom stereocenters. The number of nitrogens with zero attached hydrogens (tertiary/aromatic N) is 3. The summed E-state index contributed by atoms with van der Waals surface area (Å²) in [5.41, 5.74) is -0.563. The molecule has 1 rings (SSSR count). The maximum atomic E-state index is 12.9. The molecule has 0 saturated carbocycles. The summed E-state index contributed by atoms with van der Waals surface area (Å²) in [5, 5.41) is 25.6. The van der Waals surface area contributed by atoms with Crippen LogP contribution < -0.4 is 0 Å². The fourth-order valence-electron chi connectivity index (χ4n) is 0.896. The first-order chi connectivity index (χ1) is 6.24. The fraction of sp³-hybridized carbons (Fsp3) is 0. The van der Waals surface area contributed by atoms with Crippen LogP contribution in [0.5, 0.6) is 0 Å². The van der Waals surface area contributed by atoms with E-state index in [2.05, 4.69) is 0 Å². The van der Waals surface area contributed by atoms with Gasteiger partial charge in [-0.25, -0.2) is 4.39 Å². The highest BCUT2D eigenvalue weighted by atomic mass is 19.1. The number of nitriles is 3. The lowest BCUT2D eigenvalue weighted by molar-refractivity contribution is 0.623. The van der Waals surface area contributed by atoms with E-state index in [0.717, 1.165) is 6.07 Å². The fourth-order valence-corrected chi connectivity index (χ4v) is 0.896. The van der Waals surface area contributed by atoms with Gasteiger partial charge in [-0.15, -0.1) is 0 Å². The minimum absolute atomic E-state index is 0.0143. The highest BCUT2D eigenvalue weighted by Gasteiger charge is 2.12. The van der Waals surface area contributed by atoms with Crippen LogP contribution in [-0.2, 0) is 0 Å². The summed E-state index contributed by atoms with van der Waals surface area (Å²) in [6.07, 6.45) is 0. The van der Waals surface area contributed by atoms with E-state index < -0.39 is 5.82 Å². The molecule has 0 aliphatic rings. The Balaban J connectivity index is 3.63. The van der Waals surface area contributed by atoms with Gasteiger partial charge in [-0.05, 0) is 12.1 Å². The number of rotatable bonds is 0. The van der Waals surface area contributed by atoms with E-state index in [9.17, 15) is 4.39 Å². The Hall–Kier alpha value is -2.38. The normalized spacial score (nSPS) is 8.15. The Kier molecular flexibility index (Phi) is 2.24. The lowest BCUT2D eigenvalue weighted by Crippen LogP contribution is -1.93. The molecule has 4 heteroatoms. The maximum absolute atomic E-state index is 12.9. The minimum Gasteiger partial charge on any atom is -0.205 e. The molecule has 0 aliphatic heterocycles. The van der Waals surface area contributed by atoms with E-state index in [1.54, 1.807) is 18.2 Å². The SMILES string of the molecule is N#Cc1ccc(F)c(C#N)c1C#N. The van der Waals surface area contributed by atoms with Gasteiger partial charge in [0.2, 0.25) is 0 Å². The Labute approximate surface area is 73.9 Å². The summed E-state index contributed by atoms with van der Waals surface area (Å²) < 4.78 is 12.9. The smallest absolute Gasteiger partial charge is 0.142 e. The average molecular weight is 171 g/mol. The number of hydrogen-bond donors (Lipinski definition) is 0. The van der Waals surface area contributed by atoms with Crippen molar-refractivity contribution in [1.29, 1.82) is 15.8 Å². The van der Waals surface area contributed by atoms with Crippen molar-refractivity contribution in [2.24, 2.45) is 0 Å². The molecule has 0 aromatic heterocycles. The van der Waals surface area contributed by atoms with Gasteiger partial charge >= 0.3 is 0 Å². The second kappa shape index (κ2) is 3.34. The number of benzene rings is 1. The molecule has 3 nitrogen and oxygen atoms in total. The monoisotopic (exact) mass is 171 g/mol. The molecule has 0 saturated heterocycles. The summed E-state index contributed by atoms with van der Waals surface area (Å²) in [6, 6.07) is 7.04. The Bertz CT molecular complexity index is 471. The molecular weight excluding hydrogens is 169 g/mol. The summed E-state index contributed by atoms with van der Waals surface area (Å²) in [6.45, 7) is 0. The highest BCUT2D eigenvalue weighted by molar-refractivity contribution is 5.55. The summed E-state index contributed by atoms with van der Waals surface area (Å²) in [5.74, 6) is -0.780. The van der Waals surface area contributed by atoms with Crippen LogP contribution in [0.15, 0.2) is 12.1 Å². The van der Waals surface area contributed by atoms with E-state index in [-0.39, 0.29) is 16.7 Å². The second-order valence-corrected chi connectivity index (χ2v) is 2.18. The molecule has 0 heterocycles. The van der Waals surface area contributed by atoms with Crippen LogP contribution in [0.25, 0.3) is 0 Å². The molecule has 1 aromatic rings. The van der Waals surface area contributed by atoms with Gasteiger partial charge in [0, 0.05) is 0 Å². The second-order valence-electron chi connectivity index (χ2n) is 2.18. The zero-order chi connectivity index (χ0) is 9.84. The maximum Gasteiger partial charge on any atom is 0.142 e. The predicted molar refractivity (Wildman–Crippen MR) is 40.5 cm³/mol. The van der Waals surface area contributed by atoms with Gasteiger partial charge in [0.1, 0.15) is 29.6 Å². The van der Waals surface area contributed by atoms with Crippen molar-refractivity contribution in [3.05, 3.63) is 34.6 Å². The van der Waals surface area contributed by atoms with Crippen LogP contribution in [0.2, 0.25) is 0 Å². The molecule has 0 fully saturated rings. The molecule has 0 bridgehead atoms. The van der Waals surface area contributed by atoms with E-state index in [1.807, 2.05) is 0 Å². The van der Waals surface area contributed by atoms with Crippen molar-refractivity contribution < 1.29 is 4.39 Å². The van der Waals surface area contributed by atoms with Gasteiger partial charge in [-0.2, -0.15) is 15.8 Å². The van der Waals surface area contributed by atoms with Crippen LogP contribution in [0.4, 0.5) is 4.39 Å². The Morgan fingerprint density at radius 2 is 1.54 bits per heavy atom. The number of halogens is 1. The zero-order valence-electron chi connectivity index (χ0n) is 6.37. The van der Waals surface area contributed by atoms with Crippen molar-refractivity contribution in [3.63, 3.8) is 0 Å². The Morgan fingerprint density at radius 3 is 2.00 bits per heavy atom. The quantitative estimate of drug-likeness (QED) is 0.592. The van der Waals surface area contributed by atoms with Crippen molar-refractivity contribution in [1.82, 2.24) is 0 Å². The van der Waals surface area contributed by atoms with E-state index in [0.29, 0.717) is 0 Å². The lowest BCUT2D eigenvalue weighted by atomic mass is 10.0. The predicted octanol–water partition coefficient (Wildman–Crippen LogP) is 1.44. The molecule has 1 aromatic carbocycles.